The summed E-state index contributed by atoms with van der Waals surface area (Å²) in [5.74, 6) is -0.483. The molecular formula is C20H22N2O4. The Hall–Kier alpha value is -2.86. The number of ether oxygens (including phenoxy) is 1. The van der Waals surface area contributed by atoms with Crippen molar-refractivity contribution in [3.63, 3.8) is 0 Å². The van der Waals surface area contributed by atoms with Crippen molar-refractivity contribution in [1.82, 2.24) is 0 Å². The molecule has 2 aromatic carbocycles. The van der Waals surface area contributed by atoms with Gasteiger partial charge in [0.1, 0.15) is 0 Å². The minimum atomic E-state index is -0.483. The molecule has 0 unspecified atom stereocenters. The van der Waals surface area contributed by atoms with Gasteiger partial charge in [-0.3, -0.25) is 0 Å². The van der Waals surface area contributed by atoms with Gasteiger partial charge in [0.25, 0.3) is 0 Å². The summed E-state index contributed by atoms with van der Waals surface area (Å²) in [5.41, 5.74) is 3.45. The smallest absolute Gasteiger partial charge is 0.340 e. The second-order valence-corrected chi connectivity index (χ2v) is 6.19. The molecule has 6 nitrogen and oxygen atoms in total. The number of urea groups is 1. The van der Waals surface area contributed by atoms with E-state index in [4.69, 9.17) is 4.74 Å². The van der Waals surface area contributed by atoms with Gasteiger partial charge < -0.3 is 20.5 Å². The van der Waals surface area contributed by atoms with Gasteiger partial charge in [-0.05, 0) is 49.1 Å². The number of amides is 2. The molecule has 0 saturated heterocycles. The highest BCUT2D eigenvalue weighted by molar-refractivity contribution is 6.05. The quantitative estimate of drug-likeness (QED) is 0.735. The zero-order valence-electron chi connectivity index (χ0n) is 14.6. The van der Waals surface area contributed by atoms with Gasteiger partial charge in [0.2, 0.25) is 0 Å². The van der Waals surface area contributed by atoms with E-state index in [2.05, 4.69) is 10.6 Å². The van der Waals surface area contributed by atoms with Crippen LogP contribution in [0.4, 0.5) is 16.2 Å². The highest BCUT2D eigenvalue weighted by Gasteiger charge is 2.20. The van der Waals surface area contributed by atoms with Crippen LogP contribution >= 0.6 is 0 Å². The zero-order valence-corrected chi connectivity index (χ0v) is 14.6. The Morgan fingerprint density at radius 1 is 1.12 bits per heavy atom. The molecule has 0 bridgehead atoms. The summed E-state index contributed by atoms with van der Waals surface area (Å²) >= 11 is 0. The molecule has 3 rings (SSSR count). The van der Waals surface area contributed by atoms with Crippen LogP contribution in [0.5, 0.6) is 0 Å². The molecule has 0 radical (unpaired) electrons. The predicted octanol–water partition coefficient (Wildman–Crippen LogP) is 3.36. The molecule has 0 aromatic heterocycles. The van der Waals surface area contributed by atoms with Gasteiger partial charge in [-0.2, -0.15) is 0 Å². The lowest BCUT2D eigenvalue weighted by Crippen LogP contribution is -2.25. The normalized spacial score (nSPS) is 15.7. The van der Waals surface area contributed by atoms with E-state index in [-0.39, 0.29) is 6.61 Å². The fraction of sp³-hybridized carbons (Fsp3) is 0.300. The number of benzene rings is 2. The predicted molar refractivity (Wildman–Crippen MR) is 99.5 cm³/mol. The van der Waals surface area contributed by atoms with Crippen LogP contribution in [0, 0.1) is 0 Å². The molecule has 0 fully saturated rings. The Balaban J connectivity index is 1.76. The van der Waals surface area contributed by atoms with E-state index < -0.39 is 18.1 Å². The molecule has 136 valence electrons. The lowest BCUT2D eigenvalue weighted by Gasteiger charge is -2.23. The van der Waals surface area contributed by atoms with E-state index in [1.807, 2.05) is 18.2 Å². The first-order chi connectivity index (χ1) is 12.6. The fourth-order valence-corrected chi connectivity index (χ4v) is 3.14. The number of hydrogen-bond acceptors (Lipinski definition) is 4. The minimum Gasteiger partial charge on any atom is -0.462 e. The molecule has 1 aliphatic carbocycles. The van der Waals surface area contributed by atoms with Crippen molar-refractivity contribution in [3.05, 3.63) is 59.2 Å². The molecule has 1 aliphatic rings. The number of fused-ring (bicyclic) bond motifs is 1. The van der Waals surface area contributed by atoms with Gasteiger partial charge in [-0.15, -0.1) is 0 Å². The van der Waals surface area contributed by atoms with Crippen molar-refractivity contribution in [3.8, 4) is 0 Å². The summed E-state index contributed by atoms with van der Waals surface area (Å²) in [5, 5.41) is 15.4. The summed E-state index contributed by atoms with van der Waals surface area (Å²) in [7, 11) is 0. The molecule has 0 heterocycles. The number of para-hydroxylation sites is 1. The monoisotopic (exact) mass is 354 g/mol. The Bertz CT molecular complexity index is 819. The number of aliphatic hydroxyl groups is 1. The summed E-state index contributed by atoms with van der Waals surface area (Å²) in [6, 6.07) is 12.0. The Kier molecular flexibility index (Phi) is 5.53. The van der Waals surface area contributed by atoms with Crippen LogP contribution in [0.25, 0.3) is 0 Å². The Morgan fingerprint density at radius 2 is 1.85 bits per heavy atom. The topological polar surface area (TPSA) is 87.7 Å². The van der Waals surface area contributed by atoms with Crippen LogP contribution in [0.3, 0.4) is 0 Å². The van der Waals surface area contributed by atoms with Gasteiger partial charge in [0.05, 0.1) is 24.0 Å². The fourth-order valence-electron chi connectivity index (χ4n) is 3.14. The Morgan fingerprint density at radius 3 is 2.65 bits per heavy atom. The SMILES string of the molecule is CCOC(=O)c1ccccc1NC(=O)Nc1cccc2c1C[C@@H](O)CC2. The highest BCUT2D eigenvalue weighted by Crippen LogP contribution is 2.28. The van der Waals surface area contributed by atoms with Crippen molar-refractivity contribution in [2.24, 2.45) is 0 Å². The van der Waals surface area contributed by atoms with E-state index in [9.17, 15) is 14.7 Å². The largest absolute Gasteiger partial charge is 0.462 e. The molecule has 0 aliphatic heterocycles. The van der Waals surface area contributed by atoms with E-state index in [0.717, 1.165) is 24.0 Å². The number of hydrogen-bond donors (Lipinski definition) is 3. The first-order valence-corrected chi connectivity index (χ1v) is 8.71. The van der Waals surface area contributed by atoms with Gasteiger partial charge in [0.15, 0.2) is 0 Å². The molecule has 6 heteroatoms. The van der Waals surface area contributed by atoms with Gasteiger partial charge in [-0.25, -0.2) is 9.59 Å². The summed E-state index contributed by atoms with van der Waals surface area (Å²) in [4.78, 5) is 24.5. The second-order valence-electron chi connectivity index (χ2n) is 6.19. The van der Waals surface area contributed by atoms with Crippen LogP contribution in [-0.4, -0.2) is 29.8 Å². The highest BCUT2D eigenvalue weighted by atomic mass is 16.5. The third-order valence-electron chi connectivity index (χ3n) is 4.38. The van der Waals surface area contributed by atoms with Gasteiger partial charge >= 0.3 is 12.0 Å². The molecule has 0 spiro atoms. The molecule has 0 saturated carbocycles. The maximum Gasteiger partial charge on any atom is 0.340 e. The van der Waals surface area contributed by atoms with Crippen molar-refractivity contribution >= 4 is 23.4 Å². The van der Waals surface area contributed by atoms with Crippen LogP contribution in [0.15, 0.2) is 42.5 Å². The first kappa shape index (κ1) is 17.9. The molecule has 2 aromatic rings. The number of carbonyl (C=O) groups excluding carboxylic acids is 2. The first-order valence-electron chi connectivity index (χ1n) is 8.71. The maximum absolute atomic E-state index is 12.4. The number of nitrogens with one attached hydrogen (secondary N) is 2. The molecule has 3 N–H and O–H groups in total. The molecule has 26 heavy (non-hydrogen) atoms. The number of aliphatic hydroxyl groups excluding tert-OH is 1. The molecule has 2 amide bonds. The van der Waals surface area contributed by atoms with Crippen molar-refractivity contribution in [1.29, 1.82) is 0 Å². The van der Waals surface area contributed by atoms with Crippen molar-refractivity contribution < 1.29 is 19.4 Å². The number of carbonyl (C=O) groups is 2. The van der Waals surface area contributed by atoms with Gasteiger partial charge in [0, 0.05) is 12.1 Å². The average Bonchev–Trinajstić information content (AvgIpc) is 2.63. The molecular weight excluding hydrogens is 332 g/mol. The number of esters is 1. The number of aryl methyl sites for hydroxylation is 1. The average molecular weight is 354 g/mol. The van der Waals surface area contributed by atoms with Crippen LogP contribution < -0.4 is 10.6 Å². The summed E-state index contributed by atoms with van der Waals surface area (Å²) in [6.45, 7) is 1.99. The van der Waals surface area contributed by atoms with E-state index >= 15 is 0 Å². The van der Waals surface area contributed by atoms with E-state index in [1.54, 1.807) is 31.2 Å². The maximum atomic E-state index is 12.4. The van der Waals surface area contributed by atoms with Crippen molar-refractivity contribution in [2.45, 2.75) is 32.3 Å². The summed E-state index contributed by atoms with van der Waals surface area (Å²) in [6.07, 6.45) is 1.65. The number of anilines is 2. The minimum absolute atomic E-state index is 0.262. The Labute approximate surface area is 152 Å². The summed E-state index contributed by atoms with van der Waals surface area (Å²) < 4.78 is 5.02. The lowest BCUT2D eigenvalue weighted by molar-refractivity contribution is 0.0527. The van der Waals surface area contributed by atoms with Gasteiger partial charge in [-0.1, -0.05) is 24.3 Å². The molecule has 1 atom stereocenters. The third-order valence-corrected chi connectivity index (χ3v) is 4.38. The third kappa shape index (κ3) is 4.03. The zero-order chi connectivity index (χ0) is 18.5. The van der Waals surface area contributed by atoms with Crippen LogP contribution in [-0.2, 0) is 17.6 Å². The standard InChI is InChI=1S/C20H22N2O4/c1-2-26-19(24)15-7-3-4-8-17(15)21-20(25)22-18-9-5-6-13-10-11-14(23)12-16(13)18/h3-9,14,23H,2,10-12H2,1H3,(H2,21,22,25)/t14-/m0/s1. The van der Waals surface area contributed by atoms with Crippen molar-refractivity contribution in [2.75, 3.05) is 17.2 Å². The van der Waals surface area contributed by atoms with E-state index in [0.29, 0.717) is 23.4 Å². The van der Waals surface area contributed by atoms with Crippen LogP contribution in [0.2, 0.25) is 0 Å². The van der Waals surface area contributed by atoms with Crippen LogP contribution in [0.1, 0.15) is 34.8 Å². The second kappa shape index (κ2) is 8.01. The van der Waals surface area contributed by atoms with E-state index in [1.165, 1.54) is 0 Å². The number of rotatable bonds is 4. The lowest BCUT2D eigenvalue weighted by atomic mass is 9.88.